The Labute approximate surface area is 153 Å². The van der Waals surface area contributed by atoms with Crippen molar-refractivity contribution in [3.05, 3.63) is 0 Å². The van der Waals surface area contributed by atoms with Crippen LogP contribution in [0, 0.1) is 16.2 Å². The molecule has 0 aliphatic carbocycles. The van der Waals surface area contributed by atoms with Crippen LogP contribution in [-0.2, 0) is 18.9 Å². The molecule has 0 radical (unpaired) electrons. The van der Waals surface area contributed by atoms with Crippen molar-refractivity contribution in [3.8, 4) is 0 Å². The molecule has 0 bridgehead atoms. The number of hydrogen-bond acceptors (Lipinski definition) is 6. The van der Waals surface area contributed by atoms with Gasteiger partial charge in [0.25, 0.3) is 0 Å². The highest BCUT2D eigenvalue weighted by Crippen LogP contribution is 2.38. The first-order valence-corrected chi connectivity index (χ1v) is 9.22. The molecule has 2 aliphatic heterocycles. The summed E-state index contributed by atoms with van der Waals surface area (Å²) in [5.41, 5.74) is -0.301. The van der Waals surface area contributed by atoms with Crippen LogP contribution in [-0.4, -0.2) is 90.1 Å². The van der Waals surface area contributed by atoms with E-state index >= 15 is 0 Å². The first-order chi connectivity index (χ1) is 11.5. The van der Waals surface area contributed by atoms with Crippen molar-refractivity contribution < 1.29 is 18.9 Å². The third kappa shape index (κ3) is 5.37. The average Bonchev–Trinajstić information content (AvgIpc) is 2.45. The summed E-state index contributed by atoms with van der Waals surface area (Å²) >= 11 is 0. The van der Waals surface area contributed by atoms with Gasteiger partial charge in [0.15, 0.2) is 12.6 Å². The second kappa shape index (κ2) is 7.79. The second-order valence-electron chi connectivity index (χ2n) is 9.86. The molecule has 0 saturated carbocycles. The van der Waals surface area contributed by atoms with E-state index in [-0.39, 0.29) is 28.8 Å². The van der Waals surface area contributed by atoms with Crippen LogP contribution in [0.3, 0.4) is 0 Å². The molecule has 2 heterocycles. The van der Waals surface area contributed by atoms with Gasteiger partial charge in [0.1, 0.15) is 0 Å². The molecule has 2 rings (SSSR count). The van der Waals surface area contributed by atoms with E-state index in [1.165, 1.54) is 0 Å². The highest BCUT2D eigenvalue weighted by molar-refractivity contribution is 4.89. The number of ether oxygens (including phenoxy) is 4. The summed E-state index contributed by atoms with van der Waals surface area (Å²) in [5.74, 6) is 0. The van der Waals surface area contributed by atoms with Crippen molar-refractivity contribution in [2.75, 3.05) is 67.7 Å². The third-order valence-corrected chi connectivity index (χ3v) is 4.89. The van der Waals surface area contributed by atoms with Crippen LogP contribution in [0.4, 0.5) is 0 Å². The van der Waals surface area contributed by atoms with Crippen molar-refractivity contribution in [1.29, 1.82) is 0 Å². The lowest BCUT2D eigenvalue weighted by atomic mass is 9.86. The van der Waals surface area contributed by atoms with Crippen molar-refractivity contribution in [2.45, 2.75) is 40.3 Å². The molecular weight excluding hydrogens is 320 g/mol. The maximum atomic E-state index is 6.11. The Morgan fingerprint density at radius 1 is 0.680 bits per heavy atom. The van der Waals surface area contributed by atoms with E-state index in [2.05, 4.69) is 65.7 Å². The van der Waals surface area contributed by atoms with E-state index in [9.17, 15) is 0 Å². The summed E-state index contributed by atoms with van der Waals surface area (Å²) in [6.45, 7) is 13.0. The lowest BCUT2D eigenvalue weighted by Gasteiger charge is -2.49. The van der Waals surface area contributed by atoms with Crippen molar-refractivity contribution in [2.24, 2.45) is 16.2 Å². The quantitative estimate of drug-likeness (QED) is 0.722. The van der Waals surface area contributed by atoms with Crippen LogP contribution in [0.1, 0.15) is 27.7 Å². The summed E-state index contributed by atoms with van der Waals surface area (Å²) in [6.07, 6.45) is -0.383. The molecule has 0 amide bonds. The van der Waals surface area contributed by atoms with Gasteiger partial charge in [-0.15, -0.1) is 0 Å². The van der Waals surface area contributed by atoms with Crippen LogP contribution in [0.5, 0.6) is 0 Å². The van der Waals surface area contributed by atoms with Gasteiger partial charge in [-0.1, -0.05) is 27.7 Å². The van der Waals surface area contributed by atoms with Crippen LogP contribution in [0.25, 0.3) is 0 Å². The first kappa shape index (κ1) is 21.1. The molecule has 148 valence electrons. The molecule has 1 spiro atoms. The Bertz CT molecular complexity index is 378. The Hall–Kier alpha value is -0.240. The number of hydrogen-bond donors (Lipinski definition) is 0. The van der Waals surface area contributed by atoms with Gasteiger partial charge in [-0.25, -0.2) is 0 Å². The van der Waals surface area contributed by atoms with Crippen LogP contribution < -0.4 is 0 Å². The zero-order valence-corrected chi connectivity index (χ0v) is 17.4. The van der Waals surface area contributed by atoms with E-state index in [4.69, 9.17) is 18.9 Å². The summed E-state index contributed by atoms with van der Waals surface area (Å²) in [5, 5.41) is 0. The predicted octanol–water partition coefficient (Wildman–Crippen LogP) is 1.89. The number of nitrogens with zero attached hydrogens (tertiary/aromatic N) is 2. The van der Waals surface area contributed by atoms with Crippen LogP contribution in [0.15, 0.2) is 0 Å². The molecule has 6 nitrogen and oxygen atoms in total. The molecule has 0 aromatic rings. The standard InChI is InChI=1S/C19H38N2O4/c1-17(2,9-20(5)6)15-22-11-19(12-23-15)13-24-16(25-14-19)18(3,4)10-21(7)8/h15-16H,9-14H2,1-8H3. The Kier molecular flexibility index (Phi) is 6.56. The fourth-order valence-electron chi connectivity index (χ4n) is 4.04. The Balaban J connectivity index is 1.87. The summed E-state index contributed by atoms with van der Waals surface area (Å²) in [4.78, 5) is 4.34. The minimum Gasteiger partial charge on any atom is -0.351 e. The van der Waals surface area contributed by atoms with Gasteiger partial charge in [0.2, 0.25) is 0 Å². The highest BCUT2D eigenvalue weighted by atomic mass is 16.7. The smallest absolute Gasteiger partial charge is 0.163 e. The molecule has 2 aliphatic rings. The molecule has 2 fully saturated rings. The molecule has 0 atom stereocenters. The normalized spacial score (nSPS) is 31.9. The topological polar surface area (TPSA) is 43.4 Å². The van der Waals surface area contributed by atoms with Crippen LogP contribution in [0.2, 0.25) is 0 Å². The maximum absolute atomic E-state index is 6.11. The summed E-state index contributed by atoms with van der Waals surface area (Å²) in [6, 6.07) is 0. The minimum atomic E-state index is -0.191. The minimum absolute atomic E-state index is 0.0578. The van der Waals surface area contributed by atoms with Gasteiger partial charge in [0, 0.05) is 23.9 Å². The highest BCUT2D eigenvalue weighted by Gasteiger charge is 2.47. The van der Waals surface area contributed by atoms with Crippen molar-refractivity contribution in [3.63, 3.8) is 0 Å². The van der Waals surface area contributed by atoms with Gasteiger partial charge < -0.3 is 28.7 Å². The summed E-state index contributed by atoms with van der Waals surface area (Å²) in [7, 11) is 8.30. The molecule has 2 saturated heterocycles. The second-order valence-corrected chi connectivity index (χ2v) is 9.86. The molecule has 25 heavy (non-hydrogen) atoms. The number of rotatable bonds is 6. The zero-order chi connectivity index (χ0) is 18.9. The van der Waals surface area contributed by atoms with E-state index in [0.29, 0.717) is 26.4 Å². The Morgan fingerprint density at radius 2 is 0.960 bits per heavy atom. The van der Waals surface area contributed by atoms with Gasteiger partial charge >= 0.3 is 0 Å². The Morgan fingerprint density at radius 3 is 1.20 bits per heavy atom. The van der Waals surface area contributed by atoms with Crippen LogP contribution >= 0.6 is 0 Å². The largest absolute Gasteiger partial charge is 0.351 e. The fourth-order valence-corrected chi connectivity index (χ4v) is 4.04. The van der Waals surface area contributed by atoms with E-state index in [1.807, 2.05) is 0 Å². The monoisotopic (exact) mass is 358 g/mol. The van der Waals surface area contributed by atoms with Gasteiger partial charge in [-0.3, -0.25) is 0 Å². The summed E-state index contributed by atoms with van der Waals surface area (Å²) < 4.78 is 24.4. The van der Waals surface area contributed by atoms with E-state index in [1.54, 1.807) is 0 Å². The zero-order valence-electron chi connectivity index (χ0n) is 17.4. The van der Waals surface area contributed by atoms with E-state index < -0.39 is 0 Å². The van der Waals surface area contributed by atoms with E-state index in [0.717, 1.165) is 13.1 Å². The van der Waals surface area contributed by atoms with Crippen molar-refractivity contribution >= 4 is 0 Å². The molecule has 6 heteroatoms. The van der Waals surface area contributed by atoms with Gasteiger partial charge in [0.05, 0.1) is 31.8 Å². The SMILES string of the molecule is CN(C)CC(C)(C)C1OCC2(CO1)COC(C(C)(C)CN(C)C)OC2. The van der Waals surface area contributed by atoms with Crippen molar-refractivity contribution in [1.82, 2.24) is 9.80 Å². The molecule has 0 N–H and O–H groups in total. The average molecular weight is 359 g/mol. The predicted molar refractivity (Wildman–Crippen MR) is 98.5 cm³/mol. The third-order valence-electron chi connectivity index (χ3n) is 4.89. The molecule has 0 aromatic carbocycles. The first-order valence-electron chi connectivity index (χ1n) is 9.22. The van der Waals surface area contributed by atoms with Gasteiger partial charge in [-0.05, 0) is 28.2 Å². The molecular formula is C19H38N2O4. The molecule has 0 unspecified atom stereocenters. The lowest BCUT2D eigenvalue weighted by molar-refractivity contribution is -0.334. The molecule has 0 aromatic heterocycles. The van der Waals surface area contributed by atoms with Gasteiger partial charge in [-0.2, -0.15) is 0 Å². The maximum Gasteiger partial charge on any atom is 0.163 e. The fraction of sp³-hybridized carbons (Fsp3) is 1.00. The lowest BCUT2D eigenvalue weighted by Crippen LogP contribution is -2.57.